The molecule has 0 saturated heterocycles. The van der Waals surface area contributed by atoms with E-state index in [4.69, 9.17) is 5.11 Å². The van der Waals surface area contributed by atoms with Gasteiger partial charge in [-0.3, -0.25) is 0 Å². The lowest BCUT2D eigenvalue weighted by Gasteiger charge is -1.81. The predicted molar refractivity (Wildman–Crippen MR) is 38.2 cm³/mol. The third kappa shape index (κ3) is 6.75. The van der Waals surface area contributed by atoms with Crippen LogP contribution >= 0.6 is 0 Å². The molecule has 0 spiro atoms. The quantitative estimate of drug-likeness (QED) is 0.338. The minimum absolute atomic E-state index is 0.904. The highest BCUT2D eigenvalue weighted by Crippen LogP contribution is 1.67. The molecule has 0 aliphatic heterocycles. The van der Waals surface area contributed by atoms with Crippen LogP contribution in [0.15, 0.2) is 29.7 Å². The molecule has 0 fully saturated rings. The molecule has 0 radical (unpaired) electrons. The third-order valence-corrected chi connectivity index (χ3v) is 0.555. The van der Waals surface area contributed by atoms with E-state index < -0.39 is 0 Å². The van der Waals surface area contributed by atoms with Gasteiger partial charge in [-0.1, -0.05) is 6.08 Å². The summed E-state index contributed by atoms with van der Waals surface area (Å²) in [5.41, 5.74) is 0. The van der Waals surface area contributed by atoms with Crippen LogP contribution in [0.3, 0.4) is 0 Å². The van der Waals surface area contributed by atoms with E-state index in [2.05, 4.69) is 10.3 Å². The van der Waals surface area contributed by atoms with Crippen LogP contribution in [-0.4, -0.2) is 11.4 Å². The number of allylic oxidation sites excluding steroid dienone is 1. The van der Waals surface area contributed by atoms with Crippen LogP contribution in [0.25, 0.3) is 0 Å². The van der Waals surface area contributed by atoms with Gasteiger partial charge in [0, 0.05) is 12.4 Å². The van der Waals surface area contributed by atoms with E-state index in [0.29, 0.717) is 0 Å². The van der Waals surface area contributed by atoms with Gasteiger partial charge in [-0.25, -0.2) is 4.99 Å². The summed E-state index contributed by atoms with van der Waals surface area (Å²) in [6, 6.07) is 0. The second-order valence-electron chi connectivity index (χ2n) is 1.24. The summed E-state index contributed by atoms with van der Waals surface area (Å²) < 4.78 is 0. The van der Waals surface area contributed by atoms with Crippen LogP contribution in [0.1, 0.15) is 6.92 Å². The number of aliphatic hydroxyl groups excluding tert-OH is 1. The van der Waals surface area contributed by atoms with Gasteiger partial charge in [0.15, 0.2) is 0 Å². The first kappa shape index (κ1) is 7.75. The Morgan fingerprint density at radius 3 is 2.89 bits per heavy atom. The summed E-state index contributed by atoms with van der Waals surface area (Å²) in [7, 11) is 0. The van der Waals surface area contributed by atoms with Gasteiger partial charge in [-0.15, -0.1) is 0 Å². The first-order valence-corrected chi connectivity index (χ1v) is 2.60. The summed E-state index contributed by atoms with van der Waals surface area (Å²) in [6.45, 7) is 1.87. The lowest BCUT2D eigenvalue weighted by Crippen LogP contribution is -1.98. The maximum atomic E-state index is 8.10. The van der Waals surface area contributed by atoms with E-state index in [1.807, 2.05) is 6.92 Å². The highest BCUT2D eigenvalue weighted by Gasteiger charge is 1.60. The van der Waals surface area contributed by atoms with Crippen molar-refractivity contribution in [2.45, 2.75) is 6.92 Å². The van der Waals surface area contributed by atoms with Crippen molar-refractivity contribution in [2.24, 2.45) is 4.99 Å². The van der Waals surface area contributed by atoms with Crippen molar-refractivity contribution in [1.29, 1.82) is 0 Å². The molecule has 0 saturated carbocycles. The summed E-state index contributed by atoms with van der Waals surface area (Å²) in [6.07, 6.45) is 7.18. The van der Waals surface area contributed by atoms with Crippen molar-refractivity contribution in [3.05, 3.63) is 24.7 Å². The van der Waals surface area contributed by atoms with Crippen LogP contribution in [0.5, 0.6) is 0 Å². The van der Waals surface area contributed by atoms with Crippen LogP contribution in [0.4, 0.5) is 0 Å². The molecule has 3 nitrogen and oxygen atoms in total. The van der Waals surface area contributed by atoms with E-state index in [-0.39, 0.29) is 0 Å². The molecule has 0 aliphatic rings. The molecule has 0 aliphatic carbocycles. The standard InChI is InChI=1S/C6H10N2O/c1-2-3-7-6-8-4-5-9/h2-6,9H,1H3,(H,7,8). The van der Waals surface area contributed by atoms with Crippen molar-refractivity contribution in [2.75, 3.05) is 0 Å². The van der Waals surface area contributed by atoms with Crippen molar-refractivity contribution in [1.82, 2.24) is 5.32 Å². The Bertz CT molecular complexity index is 127. The van der Waals surface area contributed by atoms with Gasteiger partial charge < -0.3 is 10.4 Å². The number of rotatable bonds is 3. The van der Waals surface area contributed by atoms with Gasteiger partial charge in [0.2, 0.25) is 0 Å². The molecular weight excluding hydrogens is 116 g/mol. The third-order valence-electron chi connectivity index (χ3n) is 0.555. The molecule has 3 heteroatoms. The molecule has 0 aromatic carbocycles. The molecule has 0 unspecified atom stereocenters. The molecule has 0 atom stereocenters. The summed E-state index contributed by atoms with van der Waals surface area (Å²) in [4.78, 5) is 3.75. The van der Waals surface area contributed by atoms with Gasteiger partial charge in [0.1, 0.15) is 0 Å². The summed E-state index contributed by atoms with van der Waals surface area (Å²) >= 11 is 0. The second kappa shape index (κ2) is 6.75. The van der Waals surface area contributed by atoms with E-state index in [9.17, 15) is 0 Å². The zero-order chi connectivity index (χ0) is 6.95. The van der Waals surface area contributed by atoms with Crippen LogP contribution in [0, 0.1) is 0 Å². The van der Waals surface area contributed by atoms with E-state index >= 15 is 0 Å². The van der Waals surface area contributed by atoms with Crippen molar-refractivity contribution < 1.29 is 5.11 Å². The molecule has 0 bridgehead atoms. The molecule has 0 heterocycles. The Hall–Kier alpha value is -1.25. The zero-order valence-electron chi connectivity index (χ0n) is 5.28. The number of aliphatic imine (C=N–C) groups is 1. The maximum Gasteiger partial charge on any atom is 0.0952 e. The van der Waals surface area contributed by atoms with E-state index in [0.717, 1.165) is 6.26 Å². The second-order valence-corrected chi connectivity index (χ2v) is 1.24. The highest BCUT2D eigenvalue weighted by molar-refractivity contribution is 5.56. The largest absolute Gasteiger partial charge is 0.514 e. The topological polar surface area (TPSA) is 44.6 Å². The average molecular weight is 126 g/mol. The van der Waals surface area contributed by atoms with Gasteiger partial charge in [-0.2, -0.15) is 0 Å². The molecule has 0 rings (SSSR count). The van der Waals surface area contributed by atoms with Crippen molar-refractivity contribution in [3.8, 4) is 0 Å². The van der Waals surface area contributed by atoms with Gasteiger partial charge in [0.25, 0.3) is 0 Å². The average Bonchev–Trinajstić information content (AvgIpc) is 1.89. The SMILES string of the molecule is CC=CN=CNC=CO. The Balaban J connectivity index is 3.25. The van der Waals surface area contributed by atoms with Crippen molar-refractivity contribution >= 4 is 6.34 Å². The molecule has 0 amide bonds. The van der Waals surface area contributed by atoms with Crippen molar-refractivity contribution in [3.63, 3.8) is 0 Å². The highest BCUT2D eigenvalue weighted by atomic mass is 16.2. The van der Waals surface area contributed by atoms with Crippen LogP contribution < -0.4 is 5.32 Å². The predicted octanol–water partition coefficient (Wildman–Crippen LogP) is 1.17. The minimum atomic E-state index is 0.904. The number of hydrogen-bond donors (Lipinski definition) is 2. The van der Waals surface area contributed by atoms with E-state index in [1.165, 1.54) is 12.5 Å². The number of hydrogen-bond acceptors (Lipinski definition) is 2. The van der Waals surface area contributed by atoms with E-state index in [1.54, 1.807) is 12.3 Å². The lowest BCUT2D eigenvalue weighted by molar-refractivity contribution is 0.471. The normalized spacial score (nSPS) is 12.1. The minimum Gasteiger partial charge on any atom is -0.514 e. The summed E-state index contributed by atoms with van der Waals surface area (Å²) in [5, 5.41) is 10.7. The molecule has 9 heavy (non-hydrogen) atoms. The van der Waals surface area contributed by atoms with Crippen LogP contribution in [0.2, 0.25) is 0 Å². The Morgan fingerprint density at radius 2 is 2.33 bits per heavy atom. The monoisotopic (exact) mass is 126 g/mol. The smallest absolute Gasteiger partial charge is 0.0952 e. The first-order chi connectivity index (χ1) is 4.41. The molecular formula is C6H10N2O. The Labute approximate surface area is 54.4 Å². The fraction of sp³-hybridized carbons (Fsp3) is 0.167. The number of aliphatic hydroxyl groups is 1. The van der Waals surface area contributed by atoms with Gasteiger partial charge >= 0.3 is 0 Å². The van der Waals surface area contributed by atoms with Crippen LogP contribution in [-0.2, 0) is 0 Å². The fourth-order valence-electron chi connectivity index (χ4n) is 0.258. The molecule has 50 valence electrons. The zero-order valence-corrected chi connectivity index (χ0v) is 5.28. The molecule has 0 aromatic rings. The lowest BCUT2D eigenvalue weighted by atomic mass is 10.7. The molecule has 0 aromatic heterocycles. The maximum absolute atomic E-state index is 8.10. The molecule has 2 N–H and O–H groups in total. The first-order valence-electron chi connectivity index (χ1n) is 2.60. The van der Waals surface area contributed by atoms with Gasteiger partial charge in [0.05, 0.1) is 12.6 Å². The number of nitrogens with one attached hydrogen (secondary N) is 1. The van der Waals surface area contributed by atoms with Gasteiger partial charge in [-0.05, 0) is 6.92 Å². The Kier molecular flexibility index (Phi) is 5.81. The fourth-order valence-corrected chi connectivity index (χ4v) is 0.258. The Morgan fingerprint density at radius 1 is 1.56 bits per heavy atom. The summed E-state index contributed by atoms with van der Waals surface area (Å²) in [5.74, 6) is 0. The number of nitrogens with zero attached hydrogens (tertiary/aromatic N) is 1.